The highest BCUT2D eigenvalue weighted by Gasteiger charge is 2.43. The van der Waals surface area contributed by atoms with Crippen molar-refractivity contribution in [2.45, 2.75) is 38.1 Å². The van der Waals surface area contributed by atoms with Gasteiger partial charge in [0.2, 0.25) is 5.91 Å². The van der Waals surface area contributed by atoms with Crippen LogP contribution >= 0.6 is 0 Å². The highest BCUT2D eigenvalue weighted by atomic mass is 16.4. The van der Waals surface area contributed by atoms with Gasteiger partial charge in [-0.25, -0.2) is 0 Å². The Kier molecular flexibility index (Phi) is 4.89. The fraction of sp³-hybridized carbons (Fsp3) is 0.818. The molecule has 98 valence electrons. The van der Waals surface area contributed by atoms with Gasteiger partial charge >= 0.3 is 5.97 Å². The molecule has 0 radical (unpaired) electrons. The van der Waals surface area contributed by atoms with Crippen molar-refractivity contribution in [1.82, 2.24) is 5.32 Å². The van der Waals surface area contributed by atoms with Crippen molar-refractivity contribution in [1.29, 1.82) is 0 Å². The second kappa shape index (κ2) is 5.97. The first kappa shape index (κ1) is 13.9. The molecule has 0 aromatic heterocycles. The van der Waals surface area contributed by atoms with Crippen LogP contribution in [0.1, 0.15) is 32.1 Å². The van der Waals surface area contributed by atoms with E-state index >= 15 is 0 Å². The van der Waals surface area contributed by atoms with Gasteiger partial charge in [0.05, 0.1) is 24.7 Å². The smallest absolute Gasteiger partial charge is 0.310 e. The lowest BCUT2D eigenvalue weighted by molar-refractivity contribution is -0.151. The summed E-state index contributed by atoms with van der Waals surface area (Å²) in [4.78, 5) is 22.8. The lowest BCUT2D eigenvalue weighted by atomic mass is 9.82. The molecule has 0 aliphatic heterocycles. The number of aliphatic hydroxyl groups excluding tert-OH is 2. The van der Waals surface area contributed by atoms with E-state index in [1.165, 1.54) is 0 Å². The number of aliphatic hydroxyl groups is 2. The fourth-order valence-electron chi connectivity index (χ4n) is 2.25. The number of carboxylic acid groups (broad SMARTS) is 1. The largest absolute Gasteiger partial charge is 0.481 e. The minimum atomic E-state index is -0.959. The molecule has 1 aliphatic carbocycles. The van der Waals surface area contributed by atoms with E-state index in [2.05, 4.69) is 5.32 Å². The predicted octanol–water partition coefficient (Wildman–Crippen LogP) is -0.509. The summed E-state index contributed by atoms with van der Waals surface area (Å²) in [6, 6.07) is -0.713. The topological polar surface area (TPSA) is 107 Å². The van der Waals surface area contributed by atoms with Gasteiger partial charge in [0.25, 0.3) is 0 Å². The van der Waals surface area contributed by atoms with Crippen molar-refractivity contribution in [3.63, 3.8) is 0 Å². The van der Waals surface area contributed by atoms with Gasteiger partial charge in [-0.3, -0.25) is 9.59 Å². The zero-order chi connectivity index (χ0) is 12.9. The first-order valence-electron chi connectivity index (χ1n) is 5.78. The van der Waals surface area contributed by atoms with E-state index in [9.17, 15) is 14.7 Å². The Balaban J connectivity index is 2.56. The van der Waals surface area contributed by atoms with E-state index in [4.69, 9.17) is 10.2 Å². The van der Waals surface area contributed by atoms with Crippen LogP contribution in [-0.4, -0.2) is 46.5 Å². The lowest BCUT2D eigenvalue weighted by Crippen LogP contribution is -2.43. The highest BCUT2D eigenvalue weighted by molar-refractivity contribution is 5.85. The van der Waals surface area contributed by atoms with E-state index in [-0.39, 0.29) is 19.6 Å². The molecule has 0 spiro atoms. The molecule has 1 fully saturated rings. The molecule has 0 unspecified atom stereocenters. The third-order valence-corrected chi connectivity index (χ3v) is 3.32. The van der Waals surface area contributed by atoms with Crippen molar-refractivity contribution >= 4 is 11.9 Å². The van der Waals surface area contributed by atoms with Gasteiger partial charge in [0.1, 0.15) is 0 Å². The van der Waals surface area contributed by atoms with Gasteiger partial charge in [-0.05, 0) is 12.8 Å². The van der Waals surface area contributed by atoms with Crippen LogP contribution in [0.15, 0.2) is 0 Å². The third-order valence-electron chi connectivity index (χ3n) is 3.32. The van der Waals surface area contributed by atoms with Gasteiger partial charge in [-0.2, -0.15) is 0 Å². The van der Waals surface area contributed by atoms with Crippen molar-refractivity contribution in [3.05, 3.63) is 0 Å². The van der Waals surface area contributed by atoms with Crippen LogP contribution < -0.4 is 5.32 Å². The molecule has 17 heavy (non-hydrogen) atoms. The molecule has 0 heterocycles. The molecule has 0 bridgehead atoms. The Morgan fingerprint density at radius 2 is 1.71 bits per heavy atom. The van der Waals surface area contributed by atoms with E-state index in [1.807, 2.05) is 0 Å². The van der Waals surface area contributed by atoms with Crippen molar-refractivity contribution in [2.75, 3.05) is 13.2 Å². The first-order valence-corrected chi connectivity index (χ1v) is 5.78. The minimum absolute atomic E-state index is 0.0845. The zero-order valence-electron chi connectivity index (χ0n) is 9.69. The van der Waals surface area contributed by atoms with E-state index < -0.39 is 23.3 Å². The van der Waals surface area contributed by atoms with Gasteiger partial charge < -0.3 is 20.6 Å². The second-order valence-electron chi connectivity index (χ2n) is 4.60. The molecular formula is C11H19NO5. The molecule has 1 aliphatic rings. The standard InChI is InChI=1S/C11H19NO5/c13-6-8(7-14)12-9(15)5-11(10(16)17)3-1-2-4-11/h8,13-14H,1-7H2,(H,12,15)(H,16,17). The summed E-state index contributed by atoms with van der Waals surface area (Å²) in [6.45, 7) is -0.718. The van der Waals surface area contributed by atoms with Crippen molar-refractivity contribution in [2.24, 2.45) is 5.41 Å². The molecule has 0 saturated heterocycles. The number of carbonyl (C=O) groups is 2. The summed E-state index contributed by atoms with van der Waals surface area (Å²) in [7, 11) is 0. The number of hydrogen-bond donors (Lipinski definition) is 4. The molecule has 0 aromatic carbocycles. The predicted molar refractivity (Wildman–Crippen MR) is 59.3 cm³/mol. The summed E-state index contributed by atoms with van der Waals surface area (Å²) in [5, 5.41) is 29.2. The van der Waals surface area contributed by atoms with E-state index in [1.54, 1.807) is 0 Å². The average molecular weight is 245 g/mol. The average Bonchev–Trinajstić information content (AvgIpc) is 2.75. The van der Waals surface area contributed by atoms with E-state index in [0.29, 0.717) is 12.8 Å². The van der Waals surface area contributed by atoms with Crippen LogP contribution in [0, 0.1) is 5.41 Å². The number of carboxylic acids is 1. The second-order valence-corrected chi connectivity index (χ2v) is 4.60. The molecule has 1 rings (SSSR count). The van der Waals surface area contributed by atoms with Crippen LogP contribution in [0.4, 0.5) is 0 Å². The molecule has 0 aromatic rings. The van der Waals surface area contributed by atoms with Crippen LogP contribution in [-0.2, 0) is 9.59 Å². The number of aliphatic carboxylic acids is 1. The monoisotopic (exact) mass is 245 g/mol. The third kappa shape index (κ3) is 3.41. The highest BCUT2D eigenvalue weighted by Crippen LogP contribution is 2.41. The Labute approximate surface area is 99.6 Å². The first-order chi connectivity index (χ1) is 8.04. The maximum Gasteiger partial charge on any atom is 0.310 e. The molecule has 4 N–H and O–H groups in total. The van der Waals surface area contributed by atoms with Crippen LogP contribution in [0.5, 0.6) is 0 Å². The molecule has 1 amide bonds. The number of nitrogens with one attached hydrogen (secondary N) is 1. The Hall–Kier alpha value is -1.14. The summed E-state index contributed by atoms with van der Waals surface area (Å²) in [5.74, 6) is -1.36. The fourth-order valence-corrected chi connectivity index (χ4v) is 2.25. The summed E-state index contributed by atoms with van der Waals surface area (Å²) < 4.78 is 0. The Morgan fingerprint density at radius 1 is 1.18 bits per heavy atom. The van der Waals surface area contributed by atoms with Gasteiger partial charge in [0.15, 0.2) is 0 Å². The molecule has 1 saturated carbocycles. The Bertz CT molecular complexity index is 282. The van der Waals surface area contributed by atoms with Gasteiger partial charge in [0, 0.05) is 6.42 Å². The summed E-state index contributed by atoms with van der Waals surface area (Å²) in [6.07, 6.45) is 2.59. The summed E-state index contributed by atoms with van der Waals surface area (Å²) in [5.41, 5.74) is -0.959. The zero-order valence-corrected chi connectivity index (χ0v) is 9.69. The maximum absolute atomic E-state index is 11.6. The number of amides is 1. The van der Waals surface area contributed by atoms with Crippen molar-refractivity contribution < 1.29 is 24.9 Å². The normalized spacial score (nSPS) is 18.3. The summed E-state index contributed by atoms with van der Waals surface area (Å²) >= 11 is 0. The lowest BCUT2D eigenvalue weighted by Gasteiger charge is -2.24. The van der Waals surface area contributed by atoms with Crippen LogP contribution in [0.25, 0.3) is 0 Å². The Morgan fingerprint density at radius 3 is 2.12 bits per heavy atom. The maximum atomic E-state index is 11.6. The van der Waals surface area contributed by atoms with Gasteiger partial charge in [-0.15, -0.1) is 0 Å². The van der Waals surface area contributed by atoms with Crippen LogP contribution in [0.2, 0.25) is 0 Å². The number of carbonyl (C=O) groups excluding carboxylic acids is 1. The van der Waals surface area contributed by atoms with E-state index in [0.717, 1.165) is 12.8 Å². The number of rotatable bonds is 6. The number of hydrogen-bond acceptors (Lipinski definition) is 4. The molecule has 6 heteroatoms. The minimum Gasteiger partial charge on any atom is -0.481 e. The quantitative estimate of drug-likeness (QED) is 0.504. The SMILES string of the molecule is O=C(CC1(C(=O)O)CCCC1)NC(CO)CO. The van der Waals surface area contributed by atoms with Crippen molar-refractivity contribution in [3.8, 4) is 0 Å². The molecule has 6 nitrogen and oxygen atoms in total. The molecule has 0 atom stereocenters. The van der Waals surface area contributed by atoms with Crippen LogP contribution in [0.3, 0.4) is 0 Å². The molecular weight excluding hydrogens is 226 g/mol. The van der Waals surface area contributed by atoms with Gasteiger partial charge in [-0.1, -0.05) is 12.8 Å².